The second-order valence-corrected chi connectivity index (χ2v) is 7.34. The lowest BCUT2D eigenvalue weighted by atomic mass is 9.62. The molecule has 1 fully saturated rings. The van der Waals surface area contributed by atoms with E-state index in [1.165, 1.54) is 29.2 Å². The number of hydrogen-bond donors (Lipinski definition) is 1. The lowest BCUT2D eigenvalue weighted by Gasteiger charge is -2.46. The van der Waals surface area contributed by atoms with Gasteiger partial charge in [0.15, 0.2) is 0 Å². The van der Waals surface area contributed by atoms with Crippen molar-refractivity contribution in [2.45, 2.75) is 45.6 Å². The van der Waals surface area contributed by atoms with E-state index in [1.54, 1.807) is 0 Å². The molecule has 0 spiro atoms. The minimum absolute atomic E-state index is 0.171. The minimum Gasteiger partial charge on any atom is -0.321 e. The average Bonchev–Trinajstić information content (AvgIpc) is 2.46. The fraction of sp³-hybridized carbons (Fsp3) is 0.500. The summed E-state index contributed by atoms with van der Waals surface area (Å²) in [5.74, 6) is 1.93. The molecule has 1 heteroatoms. The van der Waals surface area contributed by atoms with Gasteiger partial charge in [0.05, 0.1) is 0 Å². The molecule has 1 aliphatic carbocycles. The summed E-state index contributed by atoms with van der Waals surface area (Å²) in [5, 5.41) is 2.61. The Bertz CT molecular complexity index is 631. The van der Waals surface area contributed by atoms with E-state index in [2.05, 4.69) is 63.2 Å². The zero-order valence-electron chi connectivity index (χ0n) is 13.5. The van der Waals surface area contributed by atoms with E-state index in [4.69, 9.17) is 5.73 Å². The van der Waals surface area contributed by atoms with E-state index >= 15 is 0 Å². The monoisotopic (exact) mass is 281 g/mol. The standard InChI is InChI=1S/C20H27N/c1-14(2)19-11-8-15(3)13-20(19,21)18-10-9-16-6-4-5-7-17(16)12-18/h4-7,9-10,12,14-15,19H,8,11,13,21H2,1-3H3. The zero-order valence-corrected chi connectivity index (χ0v) is 13.5. The molecule has 2 N–H and O–H groups in total. The molecule has 0 aliphatic heterocycles. The van der Waals surface area contributed by atoms with E-state index in [0.717, 1.165) is 12.3 Å². The predicted molar refractivity (Wildman–Crippen MR) is 91.2 cm³/mol. The van der Waals surface area contributed by atoms with E-state index in [9.17, 15) is 0 Å². The summed E-state index contributed by atoms with van der Waals surface area (Å²) in [6, 6.07) is 15.4. The molecule has 0 radical (unpaired) electrons. The molecule has 2 aromatic carbocycles. The number of rotatable bonds is 2. The Morgan fingerprint density at radius 3 is 2.48 bits per heavy atom. The fourth-order valence-corrected chi connectivity index (χ4v) is 4.29. The predicted octanol–water partition coefficient (Wildman–Crippen LogP) is 5.09. The van der Waals surface area contributed by atoms with Crippen molar-refractivity contribution in [3.63, 3.8) is 0 Å². The molecule has 3 unspecified atom stereocenters. The van der Waals surface area contributed by atoms with Crippen LogP contribution in [0.15, 0.2) is 42.5 Å². The smallest absolute Gasteiger partial charge is 0.0443 e. The molecule has 112 valence electrons. The normalized spacial score (nSPS) is 30.0. The molecular formula is C20H27N. The third-order valence-corrected chi connectivity index (χ3v) is 5.41. The number of fused-ring (bicyclic) bond motifs is 1. The Morgan fingerprint density at radius 1 is 1.05 bits per heavy atom. The van der Waals surface area contributed by atoms with Crippen molar-refractivity contribution in [2.75, 3.05) is 0 Å². The highest BCUT2D eigenvalue weighted by molar-refractivity contribution is 5.83. The highest BCUT2D eigenvalue weighted by Crippen LogP contribution is 2.45. The van der Waals surface area contributed by atoms with E-state index in [-0.39, 0.29) is 5.54 Å². The maximum Gasteiger partial charge on any atom is 0.0443 e. The van der Waals surface area contributed by atoms with Crippen LogP contribution >= 0.6 is 0 Å². The van der Waals surface area contributed by atoms with Crippen LogP contribution < -0.4 is 5.73 Å². The third kappa shape index (κ3) is 2.60. The molecule has 0 heterocycles. The molecule has 3 atom stereocenters. The van der Waals surface area contributed by atoms with Crippen LogP contribution in [0.5, 0.6) is 0 Å². The summed E-state index contributed by atoms with van der Waals surface area (Å²) in [6.07, 6.45) is 3.67. The second kappa shape index (κ2) is 5.46. The highest BCUT2D eigenvalue weighted by Gasteiger charge is 2.42. The Kier molecular flexibility index (Phi) is 3.79. The molecule has 3 rings (SSSR count). The lowest BCUT2D eigenvalue weighted by molar-refractivity contribution is 0.108. The maximum absolute atomic E-state index is 7.01. The fourth-order valence-electron chi connectivity index (χ4n) is 4.29. The largest absolute Gasteiger partial charge is 0.321 e. The summed E-state index contributed by atoms with van der Waals surface area (Å²) in [4.78, 5) is 0. The Balaban J connectivity index is 2.07. The average molecular weight is 281 g/mol. The van der Waals surface area contributed by atoms with Crippen LogP contribution in [0.2, 0.25) is 0 Å². The van der Waals surface area contributed by atoms with Crippen LogP contribution in [0.4, 0.5) is 0 Å². The van der Waals surface area contributed by atoms with Crippen molar-refractivity contribution in [3.05, 3.63) is 48.0 Å². The molecule has 0 bridgehead atoms. The second-order valence-electron chi connectivity index (χ2n) is 7.34. The highest BCUT2D eigenvalue weighted by atomic mass is 14.8. The van der Waals surface area contributed by atoms with Crippen molar-refractivity contribution < 1.29 is 0 Å². The van der Waals surface area contributed by atoms with Crippen LogP contribution in [-0.2, 0) is 5.54 Å². The van der Waals surface area contributed by atoms with Crippen molar-refractivity contribution in [1.29, 1.82) is 0 Å². The quantitative estimate of drug-likeness (QED) is 0.815. The van der Waals surface area contributed by atoms with Gasteiger partial charge in [0.1, 0.15) is 0 Å². The molecule has 1 saturated carbocycles. The summed E-state index contributed by atoms with van der Waals surface area (Å²) in [7, 11) is 0. The van der Waals surface area contributed by atoms with Gasteiger partial charge in [0.25, 0.3) is 0 Å². The Labute approximate surface area is 128 Å². The van der Waals surface area contributed by atoms with Gasteiger partial charge in [-0.2, -0.15) is 0 Å². The Morgan fingerprint density at radius 2 is 1.76 bits per heavy atom. The SMILES string of the molecule is CC1CCC(C(C)C)C(N)(c2ccc3ccccc3c2)C1. The van der Waals surface area contributed by atoms with Gasteiger partial charge in [-0.1, -0.05) is 63.6 Å². The van der Waals surface area contributed by atoms with Crippen LogP contribution in [-0.4, -0.2) is 0 Å². The summed E-state index contributed by atoms with van der Waals surface area (Å²) < 4.78 is 0. The van der Waals surface area contributed by atoms with E-state index in [1.807, 2.05) is 0 Å². The minimum atomic E-state index is -0.171. The molecule has 0 amide bonds. The van der Waals surface area contributed by atoms with Gasteiger partial charge in [0.2, 0.25) is 0 Å². The number of hydrogen-bond acceptors (Lipinski definition) is 1. The van der Waals surface area contributed by atoms with Gasteiger partial charge >= 0.3 is 0 Å². The van der Waals surface area contributed by atoms with Gasteiger partial charge < -0.3 is 5.73 Å². The third-order valence-electron chi connectivity index (χ3n) is 5.41. The number of benzene rings is 2. The van der Waals surface area contributed by atoms with Crippen molar-refractivity contribution in [1.82, 2.24) is 0 Å². The molecule has 0 aromatic heterocycles. The topological polar surface area (TPSA) is 26.0 Å². The lowest BCUT2D eigenvalue weighted by Crippen LogP contribution is -2.50. The van der Waals surface area contributed by atoms with Crippen LogP contribution in [0.25, 0.3) is 10.8 Å². The van der Waals surface area contributed by atoms with Gasteiger partial charge in [-0.25, -0.2) is 0 Å². The van der Waals surface area contributed by atoms with Crippen molar-refractivity contribution >= 4 is 10.8 Å². The molecular weight excluding hydrogens is 254 g/mol. The van der Waals surface area contributed by atoms with Crippen molar-refractivity contribution in [2.24, 2.45) is 23.5 Å². The maximum atomic E-state index is 7.01. The van der Waals surface area contributed by atoms with Crippen LogP contribution in [0.3, 0.4) is 0 Å². The Hall–Kier alpha value is -1.34. The number of nitrogens with two attached hydrogens (primary N) is 1. The van der Waals surface area contributed by atoms with Gasteiger partial charge in [-0.05, 0) is 53.0 Å². The van der Waals surface area contributed by atoms with Gasteiger partial charge in [-0.15, -0.1) is 0 Å². The first-order chi connectivity index (χ1) is 10.0. The zero-order chi connectivity index (χ0) is 15.0. The summed E-state index contributed by atoms with van der Waals surface area (Å²) in [6.45, 7) is 6.99. The molecule has 0 saturated heterocycles. The van der Waals surface area contributed by atoms with Crippen LogP contribution in [0, 0.1) is 17.8 Å². The summed E-state index contributed by atoms with van der Waals surface area (Å²) in [5.41, 5.74) is 8.16. The van der Waals surface area contributed by atoms with Gasteiger partial charge in [0, 0.05) is 5.54 Å². The van der Waals surface area contributed by atoms with E-state index < -0.39 is 0 Å². The van der Waals surface area contributed by atoms with Crippen molar-refractivity contribution in [3.8, 4) is 0 Å². The first-order valence-electron chi connectivity index (χ1n) is 8.29. The molecule has 2 aromatic rings. The van der Waals surface area contributed by atoms with Crippen LogP contribution in [0.1, 0.15) is 45.6 Å². The van der Waals surface area contributed by atoms with Gasteiger partial charge in [-0.3, -0.25) is 0 Å². The first-order valence-corrected chi connectivity index (χ1v) is 8.29. The molecule has 1 aliphatic rings. The van der Waals surface area contributed by atoms with E-state index in [0.29, 0.717) is 11.8 Å². The molecule has 1 nitrogen and oxygen atoms in total. The summed E-state index contributed by atoms with van der Waals surface area (Å²) >= 11 is 0. The molecule has 21 heavy (non-hydrogen) atoms. The first kappa shape index (κ1) is 14.6.